The second-order valence-corrected chi connectivity index (χ2v) is 9.57. The number of carbonyl (C=O) groups is 2. The van der Waals surface area contributed by atoms with Gasteiger partial charge in [-0.1, -0.05) is 42.8 Å². The number of ether oxygens (including phenoxy) is 2. The van der Waals surface area contributed by atoms with Crippen LogP contribution in [0.5, 0.6) is 11.5 Å². The van der Waals surface area contributed by atoms with Crippen molar-refractivity contribution < 1.29 is 23.6 Å². The number of aryl methyl sites for hydroxylation is 1. The summed E-state index contributed by atoms with van der Waals surface area (Å²) in [5.74, 6) is 1.31. The summed E-state index contributed by atoms with van der Waals surface area (Å²) in [5, 5.41) is 6.77. The van der Waals surface area contributed by atoms with Gasteiger partial charge in [0.15, 0.2) is 5.58 Å². The van der Waals surface area contributed by atoms with E-state index in [1.807, 2.05) is 60.7 Å². The van der Waals surface area contributed by atoms with Crippen LogP contribution >= 0.6 is 11.8 Å². The third-order valence-electron chi connectivity index (χ3n) is 5.92. The predicted octanol–water partition coefficient (Wildman–Crippen LogP) is 6.32. The lowest BCUT2D eigenvalue weighted by Crippen LogP contribution is -2.20. The van der Waals surface area contributed by atoms with Crippen molar-refractivity contribution in [1.82, 2.24) is 10.5 Å². The average Bonchev–Trinajstić information content (AvgIpc) is 3.47. The van der Waals surface area contributed by atoms with E-state index in [0.29, 0.717) is 19.0 Å². The summed E-state index contributed by atoms with van der Waals surface area (Å²) in [6.45, 7) is 3.18. The van der Waals surface area contributed by atoms with Gasteiger partial charge in [-0.3, -0.25) is 14.9 Å². The summed E-state index contributed by atoms with van der Waals surface area (Å²) in [6, 6.07) is 21.3. The third-order valence-corrected chi connectivity index (χ3v) is 6.95. The van der Waals surface area contributed by atoms with E-state index < -0.39 is 5.25 Å². The molecule has 0 bridgehead atoms. The zero-order chi connectivity index (χ0) is 24.9. The quantitative estimate of drug-likeness (QED) is 0.254. The van der Waals surface area contributed by atoms with Crippen LogP contribution in [0.3, 0.4) is 0 Å². The number of para-hydroxylation sites is 1. The van der Waals surface area contributed by atoms with Gasteiger partial charge in [-0.25, -0.2) is 0 Å². The first-order valence-electron chi connectivity index (χ1n) is 12.0. The number of nitrogens with one attached hydrogen (secondary N) is 1. The zero-order valence-electron chi connectivity index (χ0n) is 19.9. The molecule has 7 nitrogen and oxygen atoms in total. The maximum absolute atomic E-state index is 11.8. The summed E-state index contributed by atoms with van der Waals surface area (Å²) >= 11 is 0.995. The van der Waals surface area contributed by atoms with Gasteiger partial charge >= 0.3 is 0 Å². The number of aromatic nitrogens is 1. The molecule has 4 aromatic rings. The molecule has 1 fully saturated rings. The topological polar surface area (TPSA) is 90.7 Å². The molecular weight excluding hydrogens is 476 g/mol. The molecule has 184 valence electrons. The minimum absolute atomic E-state index is 0.277. The first-order chi connectivity index (χ1) is 17.6. The highest BCUT2D eigenvalue weighted by molar-refractivity contribution is 8.15. The Kier molecular flexibility index (Phi) is 7.23. The van der Waals surface area contributed by atoms with E-state index in [-0.39, 0.29) is 11.1 Å². The Morgan fingerprint density at radius 3 is 2.58 bits per heavy atom. The molecule has 0 aliphatic carbocycles. The summed E-state index contributed by atoms with van der Waals surface area (Å²) in [5.41, 5.74) is 4.56. The van der Waals surface area contributed by atoms with Crippen LogP contribution in [-0.4, -0.2) is 29.5 Å². The number of thioether (sulfide) groups is 1. The maximum Gasteiger partial charge on any atom is 0.286 e. The number of imide groups is 1. The number of benzene rings is 3. The smallest absolute Gasteiger partial charge is 0.286 e. The number of hydrogen-bond acceptors (Lipinski definition) is 7. The first kappa shape index (κ1) is 23.9. The number of rotatable bonds is 10. The lowest BCUT2D eigenvalue weighted by Gasteiger charge is -2.13. The molecule has 1 atom stereocenters. The SMILES string of the molecule is CCCc1cc(-c2noc3ccccc23)ccc1OCCCOc1ccc(C2SC(=O)NC2=O)cc1. The van der Waals surface area contributed by atoms with Gasteiger partial charge in [-0.05, 0) is 71.8 Å². The molecule has 1 unspecified atom stereocenters. The zero-order valence-corrected chi connectivity index (χ0v) is 20.7. The fourth-order valence-electron chi connectivity index (χ4n) is 4.17. The van der Waals surface area contributed by atoms with Gasteiger partial charge in [-0.15, -0.1) is 0 Å². The Morgan fingerprint density at radius 2 is 1.81 bits per heavy atom. The molecule has 1 N–H and O–H groups in total. The van der Waals surface area contributed by atoms with Gasteiger partial charge < -0.3 is 14.0 Å². The van der Waals surface area contributed by atoms with E-state index in [9.17, 15) is 9.59 Å². The number of nitrogens with zero attached hydrogens (tertiary/aromatic N) is 1. The standard InChI is InChI=1S/C28H26N2O5S/c1-2-6-19-17-20(25-22-7-3-4-8-24(22)35-30-25)11-14-23(19)34-16-5-15-33-21-12-9-18(10-13-21)26-27(31)29-28(32)36-26/h3-4,7-14,17,26H,2,5-6,15-16H2,1H3,(H,29,31,32). The van der Waals surface area contributed by atoms with Crippen LogP contribution in [0.2, 0.25) is 0 Å². The summed E-state index contributed by atoms with van der Waals surface area (Å²) in [4.78, 5) is 23.2. The molecule has 1 saturated heterocycles. The van der Waals surface area contributed by atoms with Crippen LogP contribution < -0.4 is 14.8 Å². The number of hydrogen-bond donors (Lipinski definition) is 1. The molecule has 5 rings (SSSR count). The normalized spacial score (nSPS) is 15.3. The fraction of sp³-hybridized carbons (Fsp3) is 0.250. The molecule has 1 aliphatic rings. The first-order valence-corrected chi connectivity index (χ1v) is 12.8. The lowest BCUT2D eigenvalue weighted by molar-refractivity contribution is -0.119. The number of carbonyl (C=O) groups excluding carboxylic acids is 2. The van der Waals surface area contributed by atoms with Crippen molar-refractivity contribution >= 4 is 33.9 Å². The Labute approximate surface area is 213 Å². The maximum atomic E-state index is 11.8. The summed E-state index contributed by atoms with van der Waals surface area (Å²) < 4.78 is 17.4. The molecule has 3 aromatic carbocycles. The van der Waals surface area contributed by atoms with Crippen LogP contribution in [-0.2, 0) is 11.2 Å². The van der Waals surface area contributed by atoms with Crippen molar-refractivity contribution in [3.8, 4) is 22.8 Å². The average molecular weight is 503 g/mol. The number of amides is 2. The Hall–Kier alpha value is -3.78. The van der Waals surface area contributed by atoms with Crippen molar-refractivity contribution in [3.05, 3.63) is 77.9 Å². The monoisotopic (exact) mass is 502 g/mol. The van der Waals surface area contributed by atoms with Crippen molar-refractivity contribution in [2.24, 2.45) is 0 Å². The predicted molar refractivity (Wildman–Crippen MR) is 139 cm³/mol. The van der Waals surface area contributed by atoms with Crippen LogP contribution in [0.15, 0.2) is 71.3 Å². The molecule has 2 heterocycles. The third kappa shape index (κ3) is 5.23. The van der Waals surface area contributed by atoms with Gasteiger partial charge in [0, 0.05) is 17.4 Å². The van der Waals surface area contributed by atoms with E-state index in [1.165, 1.54) is 0 Å². The van der Waals surface area contributed by atoms with Crippen molar-refractivity contribution in [2.45, 2.75) is 31.4 Å². The Balaban J connectivity index is 1.15. The van der Waals surface area contributed by atoms with Crippen molar-refractivity contribution in [3.63, 3.8) is 0 Å². The second kappa shape index (κ2) is 10.9. The van der Waals surface area contributed by atoms with Gasteiger partial charge in [-0.2, -0.15) is 0 Å². The van der Waals surface area contributed by atoms with Crippen LogP contribution in [0, 0.1) is 0 Å². The highest BCUT2D eigenvalue weighted by Crippen LogP contribution is 2.35. The minimum atomic E-state index is -0.494. The molecule has 36 heavy (non-hydrogen) atoms. The molecule has 1 aromatic heterocycles. The molecular formula is C28H26N2O5S. The molecule has 0 spiro atoms. The molecule has 0 saturated carbocycles. The fourth-order valence-corrected chi connectivity index (χ4v) is 5.00. The Bertz CT molecular complexity index is 1380. The highest BCUT2D eigenvalue weighted by Gasteiger charge is 2.32. The van der Waals surface area contributed by atoms with Gasteiger partial charge in [0.25, 0.3) is 5.24 Å². The van der Waals surface area contributed by atoms with Crippen LogP contribution in [0.25, 0.3) is 22.2 Å². The summed E-state index contributed by atoms with van der Waals surface area (Å²) in [6.07, 6.45) is 2.64. The van der Waals surface area contributed by atoms with E-state index in [2.05, 4.69) is 23.5 Å². The molecule has 8 heteroatoms. The second-order valence-electron chi connectivity index (χ2n) is 8.49. The van der Waals surface area contributed by atoms with Gasteiger partial charge in [0.1, 0.15) is 22.4 Å². The van der Waals surface area contributed by atoms with Gasteiger partial charge in [0.2, 0.25) is 5.91 Å². The lowest BCUT2D eigenvalue weighted by atomic mass is 10.0. The van der Waals surface area contributed by atoms with E-state index in [1.54, 1.807) is 0 Å². The van der Waals surface area contributed by atoms with E-state index in [4.69, 9.17) is 14.0 Å². The number of fused-ring (bicyclic) bond motifs is 1. The molecule has 0 radical (unpaired) electrons. The highest BCUT2D eigenvalue weighted by atomic mass is 32.2. The van der Waals surface area contributed by atoms with Crippen molar-refractivity contribution in [2.75, 3.05) is 13.2 Å². The summed E-state index contributed by atoms with van der Waals surface area (Å²) in [7, 11) is 0. The van der Waals surface area contributed by atoms with Crippen LogP contribution in [0.1, 0.15) is 36.1 Å². The largest absolute Gasteiger partial charge is 0.493 e. The Morgan fingerprint density at radius 1 is 1.00 bits per heavy atom. The van der Waals surface area contributed by atoms with Crippen molar-refractivity contribution in [1.29, 1.82) is 0 Å². The minimum Gasteiger partial charge on any atom is -0.493 e. The van der Waals surface area contributed by atoms with Gasteiger partial charge in [0.05, 0.1) is 13.2 Å². The molecule has 2 amide bonds. The van der Waals surface area contributed by atoms with Crippen LogP contribution in [0.4, 0.5) is 4.79 Å². The molecule has 1 aliphatic heterocycles. The van der Waals surface area contributed by atoms with E-state index >= 15 is 0 Å². The van der Waals surface area contributed by atoms with E-state index in [0.717, 1.165) is 70.1 Å².